The number of para-hydroxylation sites is 2. The second-order valence-electron chi connectivity index (χ2n) is 7.75. The van der Waals surface area contributed by atoms with Gasteiger partial charge in [-0.15, -0.1) is 0 Å². The van der Waals surface area contributed by atoms with Gasteiger partial charge in [0.25, 0.3) is 15.9 Å². The third-order valence-corrected chi connectivity index (χ3v) is 7.86. The number of nitrogens with zero attached hydrogens (tertiary/aromatic N) is 2. The van der Waals surface area contributed by atoms with Gasteiger partial charge in [-0.1, -0.05) is 23.7 Å². The number of ether oxygens (including phenoxy) is 1. The molecule has 3 aromatic carbocycles. The van der Waals surface area contributed by atoms with E-state index in [9.17, 15) is 13.2 Å². The van der Waals surface area contributed by atoms with Gasteiger partial charge in [0, 0.05) is 17.1 Å². The molecule has 3 aromatic rings. The van der Waals surface area contributed by atoms with E-state index in [1.807, 2.05) is 30.3 Å². The molecule has 2 aliphatic rings. The van der Waals surface area contributed by atoms with Crippen LogP contribution in [0.3, 0.4) is 0 Å². The van der Waals surface area contributed by atoms with Crippen LogP contribution in [-0.2, 0) is 16.4 Å². The average molecular weight is 469 g/mol. The average Bonchev–Trinajstić information content (AvgIpc) is 2.82. The molecular weight excluding hydrogens is 448 g/mol. The van der Waals surface area contributed by atoms with Crippen molar-refractivity contribution in [1.82, 2.24) is 0 Å². The molecule has 0 atom stereocenters. The van der Waals surface area contributed by atoms with E-state index in [1.54, 1.807) is 29.2 Å². The molecule has 0 saturated carbocycles. The minimum absolute atomic E-state index is 0.124. The zero-order valence-corrected chi connectivity index (χ0v) is 18.8. The molecule has 8 heteroatoms. The number of carbonyl (C=O) groups excluding carboxylic acids is 1. The number of benzene rings is 3. The number of carbonyl (C=O) groups is 1. The maximum atomic E-state index is 13.3. The predicted molar refractivity (Wildman–Crippen MR) is 124 cm³/mol. The Hall–Kier alpha value is -3.03. The number of halogens is 1. The molecule has 0 aliphatic carbocycles. The Balaban J connectivity index is 1.48. The summed E-state index contributed by atoms with van der Waals surface area (Å²) < 4.78 is 33.6. The Bertz CT molecular complexity index is 1290. The molecule has 0 bridgehead atoms. The van der Waals surface area contributed by atoms with Gasteiger partial charge < -0.3 is 9.64 Å². The Kier molecular flexibility index (Phi) is 5.31. The smallest absolute Gasteiger partial charge is 0.264 e. The third kappa shape index (κ3) is 3.61. The van der Waals surface area contributed by atoms with E-state index >= 15 is 0 Å². The zero-order chi connectivity index (χ0) is 22.3. The summed E-state index contributed by atoms with van der Waals surface area (Å²) in [6.45, 7) is 1.28. The van der Waals surface area contributed by atoms with Crippen LogP contribution in [0.25, 0.3) is 0 Å². The van der Waals surface area contributed by atoms with Gasteiger partial charge in [0.2, 0.25) is 0 Å². The van der Waals surface area contributed by atoms with Crippen LogP contribution >= 0.6 is 11.6 Å². The van der Waals surface area contributed by atoms with Gasteiger partial charge in [0.05, 0.1) is 22.8 Å². The maximum Gasteiger partial charge on any atom is 0.264 e. The van der Waals surface area contributed by atoms with Gasteiger partial charge in [-0.3, -0.25) is 9.10 Å². The number of hydrogen-bond donors (Lipinski definition) is 0. The molecule has 5 rings (SSSR count). The van der Waals surface area contributed by atoms with Gasteiger partial charge in [-0.25, -0.2) is 8.42 Å². The summed E-state index contributed by atoms with van der Waals surface area (Å²) in [6, 6.07) is 18.9. The minimum Gasteiger partial charge on any atom is -0.490 e. The number of sulfonamides is 1. The van der Waals surface area contributed by atoms with Crippen LogP contribution < -0.4 is 13.9 Å². The van der Waals surface area contributed by atoms with Crippen LogP contribution in [0.4, 0.5) is 11.4 Å². The Morgan fingerprint density at radius 1 is 0.938 bits per heavy atom. The van der Waals surface area contributed by atoms with Crippen molar-refractivity contribution in [3.63, 3.8) is 0 Å². The fourth-order valence-electron chi connectivity index (χ4n) is 4.22. The second kappa shape index (κ2) is 8.15. The maximum absolute atomic E-state index is 13.3. The summed E-state index contributed by atoms with van der Waals surface area (Å²) in [5.74, 6) is 0.562. The first-order valence-corrected chi connectivity index (χ1v) is 12.2. The number of aryl methyl sites for hydroxylation is 1. The SMILES string of the molecule is O=C(c1ccc2c(c1)CCCN2S(=O)(=O)c1ccc(Cl)cc1)N1CCOc2ccccc21. The summed E-state index contributed by atoms with van der Waals surface area (Å²) in [5.41, 5.74) is 2.74. The molecule has 2 heterocycles. The molecule has 0 aromatic heterocycles. The number of rotatable bonds is 3. The molecule has 164 valence electrons. The summed E-state index contributed by atoms with van der Waals surface area (Å²) in [5, 5.41) is 0.482. The highest BCUT2D eigenvalue weighted by atomic mass is 35.5. The molecule has 0 N–H and O–H groups in total. The van der Waals surface area contributed by atoms with E-state index < -0.39 is 10.0 Å². The lowest BCUT2D eigenvalue weighted by Crippen LogP contribution is -2.38. The van der Waals surface area contributed by atoms with Crippen LogP contribution in [0, 0.1) is 0 Å². The quantitative estimate of drug-likeness (QED) is 0.566. The first-order valence-electron chi connectivity index (χ1n) is 10.4. The van der Waals surface area contributed by atoms with E-state index in [4.69, 9.17) is 16.3 Å². The standard InChI is InChI=1S/C24H21ClN2O4S/c25-19-8-10-20(11-9-19)32(29,30)27-13-3-4-17-16-18(7-12-21(17)27)24(28)26-14-15-31-23-6-2-1-5-22(23)26/h1-2,5-12,16H,3-4,13-15H2. The van der Waals surface area contributed by atoms with Crippen LogP contribution in [0.2, 0.25) is 5.02 Å². The molecule has 0 spiro atoms. The highest BCUT2D eigenvalue weighted by molar-refractivity contribution is 7.92. The molecule has 32 heavy (non-hydrogen) atoms. The van der Waals surface area contributed by atoms with Crippen molar-refractivity contribution in [1.29, 1.82) is 0 Å². The fraction of sp³-hybridized carbons (Fsp3) is 0.208. The normalized spacial score (nSPS) is 15.5. The number of hydrogen-bond acceptors (Lipinski definition) is 4. The van der Waals surface area contributed by atoms with E-state index in [1.165, 1.54) is 16.4 Å². The Labute approximate surface area is 192 Å². The topological polar surface area (TPSA) is 66.9 Å². The van der Waals surface area contributed by atoms with Crippen molar-refractivity contribution >= 4 is 38.9 Å². The van der Waals surface area contributed by atoms with Crippen molar-refractivity contribution in [3.8, 4) is 5.75 Å². The molecular formula is C24H21ClN2O4S. The fourth-order valence-corrected chi connectivity index (χ4v) is 5.88. The van der Waals surface area contributed by atoms with Crippen molar-refractivity contribution in [2.24, 2.45) is 0 Å². The molecule has 0 fully saturated rings. The monoisotopic (exact) mass is 468 g/mol. The lowest BCUT2D eigenvalue weighted by Gasteiger charge is -2.32. The van der Waals surface area contributed by atoms with E-state index in [-0.39, 0.29) is 10.8 Å². The Morgan fingerprint density at radius 3 is 2.53 bits per heavy atom. The van der Waals surface area contributed by atoms with Gasteiger partial charge >= 0.3 is 0 Å². The molecule has 0 saturated heterocycles. The van der Waals surface area contributed by atoms with Crippen molar-refractivity contribution < 1.29 is 17.9 Å². The number of fused-ring (bicyclic) bond motifs is 2. The van der Waals surface area contributed by atoms with Gasteiger partial charge in [-0.2, -0.15) is 0 Å². The zero-order valence-electron chi connectivity index (χ0n) is 17.2. The van der Waals surface area contributed by atoms with Gasteiger partial charge in [0.15, 0.2) is 0 Å². The van der Waals surface area contributed by atoms with Crippen LogP contribution in [0.5, 0.6) is 5.75 Å². The summed E-state index contributed by atoms with van der Waals surface area (Å²) in [6.07, 6.45) is 1.39. The highest BCUT2D eigenvalue weighted by Crippen LogP contribution is 2.35. The molecule has 6 nitrogen and oxygen atoms in total. The van der Waals surface area contributed by atoms with Crippen molar-refractivity contribution in [3.05, 3.63) is 82.9 Å². The molecule has 0 radical (unpaired) electrons. The van der Waals surface area contributed by atoms with Crippen LogP contribution in [-0.4, -0.2) is 34.0 Å². The van der Waals surface area contributed by atoms with Crippen LogP contribution in [0.1, 0.15) is 22.3 Å². The Morgan fingerprint density at radius 2 is 1.72 bits per heavy atom. The largest absolute Gasteiger partial charge is 0.490 e. The van der Waals surface area contributed by atoms with E-state index in [0.29, 0.717) is 54.6 Å². The highest BCUT2D eigenvalue weighted by Gasteiger charge is 2.31. The number of anilines is 2. The third-order valence-electron chi connectivity index (χ3n) is 5.78. The van der Waals surface area contributed by atoms with E-state index in [0.717, 1.165) is 11.3 Å². The lowest BCUT2D eigenvalue weighted by molar-refractivity contribution is 0.0976. The summed E-state index contributed by atoms with van der Waals surface area (Å²) >= 11 is 5.92. The van der Waals surface area contributed by atoms with Crippen molar-refractivity contribution in [2.45, 2.75) is 17.7 Å². The predicted octanol–water partition coefficient (Wildman–Crippen LogP) is 4.52. The molecule has 0 unspecified atom stereocenters. The second-order valence-corrected chi connectivity index (χ2v) is 10.0. The van der Waals surface area contributed by atoms with Crippen LogP contribution in [0.15, 0.2) is 71.6 Å². The first kappa shape index (κ1) is 20.8. The van der Waals surface area contributed by atoms with E-state index in [2.05, 4.69) is 0 Å². The minimum atomic E-state index is -3.72. The van der Waals surface area contributed by atoms with Gasteiger partial charge in [0.1, 0.15) is 12.4 Å². The van der Waals surface area contributed by atoms with Crippen molar-refractivity contribution in [2.75, 3.05) is 28.9 Å². The summed E-state index contributed by atoms with van der Waals surface area (Å²) in [7, 11) is -3.72. The van der Waals surface area contributed by atoms with Gasteiger partial charge in [-0.05, 0) is 73.0 Å². The number of amides is 1. The summed E-state index contributed by atoms with van der Waals surface area (Å²) in [4.78, 5) is 15.2. The first-order chi connectivity index (χ1) is 15.4. The lowest BCUT2D eigenvalue weighted by atomic mass is 10.00. The molecule has 1 amide bonds. The molecule has 2 aliphatic heterocycles.